The lowest BCUT2D eigenvalue weighted by Gasteiger charge is -2.32. The van der Waals surface area contributed by atoms with Crippen molar-refractivity contribution in [2.24, 2.45) is 0 Å². The van der Waals surface area contributed by atoms with Crippen LogP contribution in [0.25, 0.3) is 0 Å². The Morgan fingerprint density at radius 1 is 1.15 bits per heavy atom. The van der Waals surface area contributed by atoms with E-state index in [1.54, 1.807) is 6.92 Å². The van der Waals surface area contributed by atoms with E-state index in [9.17, 15) is 20.2 Å². The van der Waals surface area contributed by atoms with Crippen LogP contribution in [0.2, 0.25) is 0 Å². The fraction of sp³-hybridized carbons (Fsp3) is 0.647. The predicted molar refractivity (Wildman–Crippen MR) is 96.5 cm³/mol. The van der Waals surface area contributed by atoms with Gasteiger partial charge in [-0.25, -0.2) is 0 Å². The SMILES string of the molecule is CCC(Nc1c([N+](=O)[O-])cc(C(C)(C)C)cc1[N+](=O)[O-])C1(C)OCCO1. The third-order valence-corrected chi connectivity index (χ3v) is 4.58. The summed E-state index contributed by atoms with van der Waals surface area (Å²) in [6.07, 6.45) is 0.506. The number of rotatable bonds is 6. The first kappa shape index (κ1) is 20.1. The van der Waals surface area contributed by atoms with Crippen molar-refractivity contribution in [3.63, 3.8) is 0 Å². The van der Waals surface area contributed by atoms with E-state index < -0.39 is 27.1 Å². The van der Waals surface area contributed by atoms with Gasteiger partial charge in [0.25, 0.3) is 11.4 Å². The van der Waals surface area contributed by atoms with E-state index in [1.165, 1.54) is 12.1 Å². The molecule has 0 aliphatic carbocycles. The minimum absolute atomic E-state index is 0.125. The number of hydrogen-bond acceptors (Lipinski definition) is 7. The van der Waals surface area contributed by atoms with Gasteiger partial charge in [0, 0.05) is 12.1 Å². The zero-order valence-corrected chi connectivity index (χ0v) is 15.7. The normalized spacial score (nSPS) is 17.7. The van der Waals surface area contributed by atoms with E-state index >= 15 is 0 Å². The number of nitrogens with one attached hydrogen (secondary N) is 1. The van der Waals surface area contributed by atoms with Crippen LogP contribution in [0.1, 0.15) is 46.6 Å². The van der Waals surface area contributed by atoms with Gasteiger partial charge in [0.1, 0.15) is 0 Å². The molecular weight excluding hydrogens is 342 g/mol. The van der Waals surface area contributed by atoms with E-state index in [1.807, 2.05) is 27.7 Å². The molecule has 0 amide bonds. The smallest absolute Gasteiger partial charge is 0.299 e. The maximum atomic E-state index is 11.6. The molecule has 1 unspecified atom stereocenters. The molecule has 144 valence electrons. The molecule has 0 saturated carbocycles. The largest absolute Gasteiger partial charge is 0.366 e. The molecule has 1 aromatic rings. The van der Waals surface area contributed by atoms with Gasteiger partial charge < -0.3 is 14.8 Å². The first-order valence-electron chi connectivity index (χ1n) is 8.51. The lowest BCUT2D eigenvalue weighted by molar-refractivity contribution is -0.392. The van der Waals surface area contributed by atoms with Gasteiger partial charge in [-0.3, -0.25) is 20.2 Å². The van der Waals surface area contributed by atoms with Crippen LogP contribution >= 0.6 is 0 Å². The molecule has 0 radical (unpaired) electrons. The van der Waals surface area contributed by atoms with Crippen LogP contribution < -0.4 is 5.32 Å². The number of nitro groups is 2. The Bertz CT molecular complexity index is 672. The van der Waals surface area contributed by atoms with Gasteiger partial charge in [0.05, 0.1) is 29.1 Å². The van der Waals surface area contributed by atoms with Crippen molar-refractivity contribution in [2.75, 3.05) is 18.5 Å². The predicted octanol–water partition coefficient (Wildman–Crippen LogP) is 3.75. The molecule has 1 N–H and O–H groups in total. The fourth-order valence-electron chi connectivity index (χ4n) is 2.99. The van der Waals surface area contributed by atoms with Gasteiger partial charge in [-0.05, 0) is 24.3 Å². The Morgan fingerprint density at radius 3 is 1.96 bits per heavy atom. The molecule has 0 aromatic heterocycles. The standard InChI is InChI=1S/C17H25N3O6/c1-6-14(17(5)25-7-8-26-17)18-15-12(19(21)22)9-11(16(2,3)4)10-13(15)20(23)24/h9-10,14,18H,6-8H2,1-5H3. The number of hydrogen-bond donors (Lipinski definition) is 1. The first-order valence-corrected chi connectivity index (χ1v) is 8.51. The van der Waals surface area contributed by atoms with Gasteiger partial charge in [-0.15, -0.1) is 0 Å². The Morgan fingerprint density at radius 2 is 1.62 bits per heavy atom. The molecule has 1 heterocycles. The number of nitro benzene ring substituents is 2. The van der Waals surface area contributed by atoms with Gasteiger partial charge in [0.2, 0.25) is 0 Å². The fourth-order valence-corrected chi connectivity index (χ4v) is 2.99. The van der Waals surface area contributed by atoms with Gasteiger partial charge in [0.15, 0.2) is 11.5 Å². The van der Waals surface area contributed by atoms with Crippen LogP contribution in [0.5, 0.6) is 0 Å². The van der Waals surface area contributed by atoms with E-state index in [0.29, 0.717) is 25.2 Å². The third kappa shape index (κ3) is 3.94. The van der Waals surface area contributed by atoms with Gasteiger partial charge in [-0.1, -0.05) is 27.7 Å². The van der Waals surface area contributed by atoms with Crippen LogP contribution in [0.15, 0.2) is 12.1 Å². The molecule has 1 saturated heterocycles. The first-order chi connectivity index (χ1) is 12.0. The molecule has 0 bridgehead atoms. The lowest BCUT2D eigenvalue weighted by Crippen LogP contribution is -2.45. The monoisotopic (exact) mass is 367 g/mol. The minimum Gasteiger partial charge on any atom is -0.366 e. The van der Waals surface area contributed by atoms with Crippen molar-refractivity contribution in [1.82, 2.24) is 0 Å². The molecular formula is C17H25N3O6. The summed E-state index contributed by atoms with van der Waals surface area (Å²) in [4.78, 5) is 22.1. The molecule has 9 heteroatoms. The molecule has 1 atom stereocenters. The van der Waals surface area contributed by atoms with Gasteiger partial charge >= 0.3 is 0 Å². The Hall–Kier alpha value is -2.26. The summed E-state index contributed by atoms with van der Waals surface area (Å²) in [7, 11) is 0. The molecule has 2 rings (SSSR count). The summed E-state index contributed by atoms with van der Waals surface area (Å²) in [5.74, 6) is -1.00. The summed E-state index contributed by atoms with van der Waals surface area (Å²) in [6.45, 7) is 9.93. The second-order valence-corrected chi connectivity index (χ2v) is 7.47. The summed E-state index contributed by atoms with van der Waals surface area (Å²) in [5, 5.41) is 26.2. The number of ether oxygens (including phenoxy) is 2. The molecule has 9 nitrogen and oxygen atoms in total. The van der Waals surface area contributed by atoms with Crippen LogP contribution in [0.4, 0.5) is 17.1 Å². The lowest BCUT2D eigenvalue weighted by atomic mass is 9.86. The molecule has 1 aliphatic rings. The van der Waals surface area contributed by atoms with Crippen LogP contribution in [-0.2, 0) is 14.9 Å². The second-order valence-electron chi connectivity index (χ2n) is 7.47. The Labute approximate surface area is 152 Å². The quantitative estimate of drug-likeness (QED) is 0.601. The maximum Gasteiger partial charge on any atom is 0.299 e. The van der Waals surface area contributed by atoms with E-state index in [2.05, 4.69) is 5.32 Å². The molecule has 1 fully saturated rings. The number of benzene rings is 1. The average Bonchev–Trinajstić information content (AvgIpc) is 2.98. The molecule has 0 spiro atoms. The van der Waals surface area contributed by atoms with Crippen molar-refractivity contribution in [2.45, 2.75) is 58.3 Å². The maximum absolute atomic E-state index is 11.6. The molecule has 1 aliphatic heterocycles. The highest BCUT2D eigenvalue weighted by molar-refractivity contribution is 5.75. The number of anilines is 1. The zero-order chi connectivity index (χ0) is 19.7. The molecule has 1 aromatic carbocycles. The summed E-state index contributed by atoms with van der Waals surface area (Å²) < 4.78 is 11.2. The van der Waals surface area contributed by atoms with Crippen molar-refractivity contribution >= 4 is 17.1 Å². The summed E-state index contributed by atoms with van der Waals surface area (Å²) in [5.41, 5.74) is -0.732. The van der Waals surface area contributed by atoms with Crippen molar-refractivity contribution in [3.8, 4) is 0 Å². The molecule has 26 heavy (non-hydrogen) atoms. The van der Waals surface area contributed by atoms with E-state index in [4.69, 9.17) is 9.47 Å². The van der Waals surface area contributed by atoms with E-state index in [0.717, 1.165) is 0 Å². The Kier molecular flexibility index (Phi) is 5.52. The highest BCUT2D eigenvalue weighted by atomic mass is 16.7. The third-order valence-electron chi connectivity index (χ3n) is 4.58. The zero-order valence-electron chi connectivity index (χ0n) is 15.7. The minimum atomic E-state index is -1.00. The topological polar surface area (TPSA) is 117 Å². The second kappa shape index (κ2) is 7.16. The summed E-state index contributed by atoms with van der Waals surface area (Å²) >= 11 is 0. The van der Waals surface area contributed by atoms with Crippen LogP contribution in [-0.4, -0.2) is 34.9 Å². The van der Waals surface area contributed by atoms with Crippen LogP contribution in [0.3, 0.4) is 0 Å². The van der Waals surface area contributed by atoms with Crippen molar-refractivity contribution in [1.29, 1.82) is 0 Å². The van der Waals surface area contributed by atoms with E-state index in [-0.39, 0.29) is 17.1 Å². The van der Waals surface area contributed by atoms with Crippen LogP contribution in [0, 0.1) is 20.2 Å². The average molecular weight is 367 g/mol. The summed E-state index contributed by atoms with van der Waals surface area (Å²) in [6, 6.07) is 2.30. The van der Waals surface area contributed by atoms with Gasteiger partial charge in [-0.2, -0.15) is 0 Å². The number of nitrogens with zero attached hydrogens (tertiary/aromatic N) is 2. The highest BCUT2D eigenvalue weighted by Gasteiger charge is 2.41. The van der Waals surface area contributed by atoms with Crippen molar-refractivity contribution < 1.29 is 19.3 Å². The highest BCUT2D eigenvalue weighted by Crippen LogP contribution is 2.41. The van der Waals surface area contributed by atoms with Crippen molar-refractivity contribution in [3.05, 3.63) is 37.9 Å². The Balaban J connectivity index is 2.58.